The molecule has 3 heterocycles. The number of esters is 1. The molecule has 1 amide bonds. The summed E-state index contributed by atoms with van der Waals surface area (Å²) < 4.78 is 46.7. The number of halogens is 3. The molecule has 0 bridgehead atoms. The van der Waals surface area contributed by atoms with Gasteiger partial charge in [-0.2, -0.15) is 13.2 Å². The molecule has 37 heavy (non-hydrogen) atoms. The standard InChI is InChI=1S/C23H28F3N7O3S/c1-22(2,3)31-17(34)9-18(35)36-14-6-4-13(5-7-14)30-20-32-33-16(11-29-21(33)37-20)12-8-15(23(24,25)26)19(27)28-10-12/h8,10-11,13-14H,4-7,9H2,1-3H3,(H2,27,28)(H,30,32)(H,31,34). The zero-order valence-electron chi connectivity index (χ0n) is 20.6. The lowest BCUT2D eigenvalue weighted by Crippen LogP contribution is -2.42. The van der Waals surface area contributed by atoms with E-state index in [0.29, 0.717) is 28.6 Å². The Morgan fingerprint density at radius 1 is 1.16 bits per heavy atom. The number of nitrogens with zero attached hydrogens (tertiary/aromatic N) is 4. The van der Waals surface area contributed by atoms with Crippen molar-refractivity contribution in [1.82, 2.24) is 24.9 Å². The number of pyridine rings is 1. The van der Waals surface area contributed by atoms with E-state index in [0.717, 1.165) is 18.9 Å². The predicted molar refractivity (Wildman–Crippen MR) is 132 cm³/mol. The van der Waals surface area contributed by atoms with Crippen LogP contribution in [0.1, 0.15) is 58.4 Å². The number of carbonyl (C=O) groups excluding carboxylic acids is 2. The van der Waals surface area contributed by atoms with E-state index < -0.39 is 29.1 Å². The number of ether oxygens (including phenoxy) is 1. The number of nitrogen functional groups attached to an aromatic ring is 1. The number of anilines is 2. The third-order valence-electron chi connectivity index (χ3n) is 5.72. The van der Waals surface area contributed by atoms with Crippen molar-refractivity contribution in [3.8, 4) is 11.3 Å². The van der Waals surface area contributed by atoms with Gasteiger partial charge in [0.05, 0.1) is 17.5 Å². The Bertz CT molecular complexity index is 1290. The molecule has 0 spiro atoms. The van der Waals surface area contributed by atoms with E-state index in [4.69, 9.17) is 10.5 Å². The molecule has 0 aromatic carbocycles. The molecule has 0 unspecified atom stereocenters. The van der Waals surface area contributed by atoms with Crippen LogP contribution >= 0.6 is 11.3 Å². The Balaban J connectivity index is 1.34. The van der Waals surface area contributed by atoms with Crippen molar-refractivity contribution in [2.24, 2.45) is 0 Å². The highest BCUT2D eigenvalue weighted by Gasteiger charge is 2.34. The number of carbonyl (C=O) groups is 2. The smallest absolute Gasteiger partial charge is 0.419 e. The Labute approximate surface area is 214 Å². The SMILES string of the molecule is CC(C)(C)NC(=O)CC(=O)OC1CCC(Nc2nn3c(-c4cnc(N)c(C(F)(F)F)c4)cnc3s2)CC1. The van der Waals surface area contributed by atoms with E-state index in [1.165, 1.54) is 28.2 Å². The van der Waals surface area contributed by atoms with Gasteiger partial charge in [0.15, 0.2) is 0 Å². The van der Waals surface area contributed by atoms with Crippen molar-refractivity contribution in [2.45, 2.75) is 76.7 Å². The molecule has 200 valence electrons. The lowest BCUT2D eigenvalue weighted by molar-refractivity contribution is -0.152. The van der Waals surface area contributed by atoms with Gasteiger partial charge in [0.2, 0.25) is 16.0 Å². The first-order chi connectivity index (χ1) is 17.3. The number of nitrogens with one attached hydrogen (secondary N) is 2. The Hall–Kier alpha value is -3.42. The fourth-order valence-electron chi connectivity index (χ4n) is 4.11. The van der Waals surface area contributed by atoms with Gasteiger partial charge < -0.3 is 21.1 Å². The van der Waals surface area contributed by atoms with Crippen LogP contribution in [0.3, 0.4) is 0 Å². The van der Waals surface area contributed by atoms with Crippen LogP contribution in [0.2, 0.25) is 0 Å². The number of imidazole rings is 1. The first-order valence-corrected chi connectivity index (χ1v) is 12.5. The third-order valence-corrected chi connectivity index (χ3v) is 6.58. The van der Waals surface area contributed by atoms with Gasteiger partial charge >= 0.3 is 12.1 Å². The summed E-state index contributed by atoms with van der Waals surface area (Å²) in [7, 11) is 0. The number of nitrogens with two attached hydrogens (primary N) is 1. The van der Waals surface area contributed by atoms with Gasteiger partial charge in [0, 0.05) is 23.3 Å². The molecule has 0 atom stereocenters. The normalized spacial score (nSPS) is 18.5. The van der Waals surface area contributed by atoms with Crippen LogP contribution in [0.15, 0.2) is 18.5 Å². The van der Waals surface area contributed by atoms with Gasteiger partial charge in [-0.3, -0.25) is 9.59 Å². The van der Waals surface area contributed by atoms with Gasteiger partial charge in [-0.25, -0.2) is 14.5 Å². The molecule has 14 heteroatoms. The first kappa shape index (κ1) is 26.6. The van der Waals surface area contributed by atoms with Crippen LogP contribution in [0.4, 0.5) is 24.1 Å². The number of aromatic nitrogens is 4. The molecule has 4 rings (SSSR count). The fourth-order valence-corrected chi connectivity index (χ4v) is 4.96. The van der Waals surface area contributed by atoms with E-state index in [-0.39, 0.29) is 30.0 Å². The molecule has 4 N–H and O–H groups in total. The van der Waals surface area contributed by atoms with Crippen LogP contribution in [-0.4, -0.2) is 49.1 Å². The highest BCUT2D eigenvalue weighted by Crippen LogP contribution is 2.36. The number of rotatable bonds is 6. The van der Waals surface area contributed by atoms with Crippen molar-refractivity contribution >= 4 is 39.1 Å². The maximum atomic E-state index is 13.2. The third kappa shape index (κ3) is 6.67. The first-order valence-electron chi connectivity index (χ1n) is 11.7. The second-order valence-electron chi connectivity index (χ2n) is 9.98. The minimum Gasteiger partial charge on any atom is -0.462 e. The van der Waals surface area contributed by atoms with Crippen LogP contribution in [0.25, 0.3) is 16.2 Å². The average Bonchev–Trinajstić information content (AvgIpc) is 3.33. The summed E-state index contributed by atoms with van der Waals surface area (Å²) in [6.45, 7) is 5.51. The zero-order chi connectivity index (χ0) is 27.0. The molecule has 1 fully saturated rings. The maximum Gasteiger partial charge on any atom is 0.419 e. The Kier molecular flexibility index (Phi) is 7.31. The molecular weight excluding hydrogens is 511 g/mol. The fraction of sp³-hybridized carbons (Fsp3) is 0.522. The molecule has 0 saturated heterocycles. The topological polar surface area (TPSA) is 137 Å². The number of amides is 1. The molecule has 10 nitrogen and oxygen atoms in total. The predicted octanol–water partition coefficient (Wildman–Crippen LogP) is 4.02. The molecule has 0 radical (unpaired) electrons. The van der Waals surface area contributed by atoms with E-state index in [1.54, 1.807) is 0 Å². The Morgan fingerprint density at radius 3 is 2.51 bits per heavy atom. The van der Waals surface area contributed by atoms with Crippen LogP contribution < -0.4 is 16.4 Å². The summed E-state index contributed by atoms with van der Waals surface area (Å²) in [5.41, 5.74) is 4.54. The van der Waals surface area contributed by atoms with E-state index in [2.05, 4.69) is 25.7 Å². The van der Waals surface area contributed by atoms with Gasteiger partial charge in [0.25, 0.3) is 0 Å². The van der Waals surface area contributed by atoms with Gasteiger partial charge in [-0.1, -0.05) is 11.3 Å². The van der Waals surface area contributed by atoms with Crippen LogP contribution in [0.5, 0.6) is 0 Å². The lowest BCUT2D eigenvalue weighted by Gasteiger charge is -2.28. The van der Waals surface area contributed by atoms with Crippen molar-refractivity contribution in [1.29, 1.82) is 0 Å². The van der Waals surface area contributed by atoms with E-state index in [9.17, 15) is 22.8 Å². The number of alkyl halides is 3. The highest BCUT2D eigenvalue weighted by molar-refractivity contribution is 7.20. The summed E-state index contributed by atoms with van der Waals surface area (Å²) in [6, 6.07) is 1.02. The highest BCUT2D eigenvalue weighted by atomic mass is 32.1. The average molecular weight is 540 g/mol. The molecule has 1 aliphatic rings. The van der Waals surface area contributed by atoms with Gasteiger partial charge in [0.1, 0.15) is 18.3 Å². The van der Waals surface area contributed by atoms with Crippen LogP contribution in [-0.2, 0) is 20.5 Å². The van der Waals surface area contributed by atoms with E-state index in [1.807, 2.05) is 20.8 Å². The maximum absolute atomic E-state index is 13.2. The molecule has 1 saturated carbocycles. The molecule has 0 aliphatic heterocycles. The number of fused-ring (bicyclic) bond motifs is 1. The second-order valence-corrected chi connectivity index (χ2v) is 10.9. The van der Waals surface area contributed by atoms with Gasteiger partial charge in [-0.15, -0.1) is 5.10 Å². The van der Waals surface area contributed by atoms with Crippen molar-refractivity contribution < 1.29 is 27.5 Å². The summed E-state index contributed by atoms with van der Waals surface area (Å²) in [4.78, 5) is 32.5. The quantitative estimate of drug-likeness (QED) is 0.316. The lowest BCUT2D eigenvalue weighted by atomic mass is 9.93. The summed E-state index contributed by atoms with van der Waals surface area (Å²) >= 11 is 1.27. The summed E-state index contributed by atoms with van der Waals surface area (Å²) in [5, 5.41) is 11.1. The number of hydrogen-bond donors (Lipinski definition) is 3. The van der Waals surface area contributed by atoms with Crippen molar-refractivity contribution in [3.05, 3.63) is 24.0 Å². The van der Waals surface area contributed by atoms with Crippen molar-refractivity contribution in [3.63, 3.8) is 0 Å². The molecule has 1 aliphatic carbocycles. The van der Waals surface area contributed by atoms with E-state index >= 15 is 0 Å². The summed E-state index contributed by atoms with van der Waals surface area (Å²) in [6.07, 6.45) is 0.212. The minimum atomic E-state index is -4.63. The molecule has 3 aromatic heterocycles. The zero-order valence-corrected chi connectivity index (χ0v) is 21.4. The monoisotopic (exact) mass is 539 g/mol. The largest absolute Gasteiger partial charge is 0.462 e. The van der Waals surface area contributed by atoms with Crippen LogP contribution in [0, 0.1) is 0 Å². The number of hydrogen-bond acceptors (Lipinski definition) is 9. The van der Waals surface area contributed by atoms with Crippen molar-refractivity contribution in [2.75, 3.05) is 11.1 Å². The molecule has 3 aromatic rings. The second kappa shape index (κ2) is 10.1. The minimum absolute atomic E-state index is 0.0773. The Morgan fingerprint density at radius 2 is 1.86 bits per heavy atom. The molecular formula is C23H28F3N7O3S. The van der Waals surface area contributed by atoms with Gasteiger partial charge in [-0.05, 0) is 52.5 Å². The summed E-state index contributed by atoms with van der Waals surface area (Å²) in [5.74, 6) is -1.50.